The Morgan fingerprint density at radius 3 is 2.82 bits per heavy atom. The zero-order valence-corrected chi connectivity index (χ0v) is 12.8. The molecular weight excluding hydrogens is 300 g/mol. The maximum absolute atomic E-state index is 12.4. The first-order valence-corrected chi connectivity index (χ1v) is 7.73. The lowest BCUT2D eigenvalue weighted by Crippen LogP contribution is -2.39. The van der Waals surface area contributed by atoms with Gasteiger partial charge in [0.25, 0.3) is 5.91 Å². The standard InChI is InChI=1S/C17H17ClN2O2/c18-13-8-7-11(14-4-1-2-9-19-14)10-12(13)17(22)20-15-5-3-6-16(15)21/h1-2,4,7-10,15-16,21H,3,5-6H2,(H,20,22)/t15-,16+/m1/s1. The van der Waals surface area contributed by atoms with Gasteiger partial charge in [0, 0.05) is 11.8 Å². The first-order chi connectivity index (χ1) is 10.6. The lowest BCUT2D eigenvalue weighted by atomic mass is 10.1. The molecule has 2 atom stereocenters. The minimum absolute atomic E-state index is 0.193. The number of amides is 1. The zero-order valence-electron chi connectivity index (χ0n) is 12.0. The minimum Gasteiger partial charge on any atom is -0.391 e. The van der Waals surface area contributed by atoms with Crippen molar-refractivity contribution in [1.29, 1.82) is 0 Å². The first kappa shape index (κ1) is 15.0. The molecule has 1 heterocycles. The summed E-state index contributed by atoms with van der Waals surface area (Å²) in [6, 6.07) is 10.7. The number of hydrogen-bond donors (Lipinski definition) is 2. The zero-order chi connectivity index (χ0) is 15.5. The molecule has 1 fully saturated rings. The van der Waals surface area contributed by atoms with Gasteiger partial charge in [0.15, 0.2) is 0 Å². The number of benzene rings is 1. The molecule has 0 saturated heterocycles. The predicted molar refractivity (Wildman–Crippen MR) is 85.8 cm³/mol. The third-order valence-electron chi connectivity index (χ3n) is 3.97. The highest BCUT2D eigenvalue weighted by molar-refractivity contribution is 6.34. The number of nitrogens with one attached hydrogen (secondary N) is 1. The van der Waals surface area contributed by atoms with Crippen LogP contribution in [0.5, 0.6) is 0 Å². The van der Waals surface area contributed by atoms with Crippen molar-refractivity contribution in [2.24, 2.45) is 0 Å². The van der Waals surface area contributed by atoms with Crippen molar-refractivity contribution in [1.82, 2.24) is 10.3 Å². The normalized spacial score (nSPS) is 20.8. The Hall–Kier alpha value is -1.91. The largest absolute Gasteiger partial charge is 0.391 e. The molecule has 1 aliphatic carbocycles. The molecular formula is C17H17ClN2O2. The molecule has 1 saturated carbocycles. The Balaban J connectivity index is 1.85. The van der Waals surface area contributed by atoms with Gasteiger partial charge in [-0.05, 0) is 43.5 Å². The molecule has 114 valence electrons. The third-order valence-corrected chi connectivity index (χ3v) is 4.30. The Morgan fingerprint density at radius 1 is 1.27 bits per heavy atom. The van der Waals surface area contributed by atoms with E-state index >= 15 is 0 Å². The van der Waals surface area contributed by atoms with Gasteiger partial charge in [-0.15, -0.1) is 0 Å². The number of aromatic nitrogens is 1. The highest BCUT2D eigenvalue weighted by Gasteiger charge is 2.27. The van der Waals surface area contributed by atoms with Crippen LogP contribution in [0.15, 0.2) is 42.6 Å². The number of aliphatic hydroxyl groups excluding tert-OH is 1. The van der Waals surface area contributed by atoms with Crippen molar-refractivity contribution in [3.8, 4) is 11.3 Å². The van der Waals surface area contributed by atoms with E-state index in [0.29, 0.717) is 10.6 Å². The molecule has 1 aliphatic rings. The van der Waals surface area contributed by atoms with E-state index in [0.717, 1.165) is 30.5 Å². The van der Waals surface area contributed by atoms with Crippen molar-refractivity contribution in [2.75, 3.05) is 0 Å². The van der Waals surface area contributed by atoms with Gasteiger partial charge >= 0.3 is 0 Å². The molecule has 2 aromatic rings. The van der Waals surface area contributed by atoms with E-state index in [1.165, 1.54) is 0 Å². The molecule has 0 radical (unpaired) electrons. The highest BCUT2D eigenvalue weighted by Crippen LogP contribution is 2.25. The minimum atomic E-state index is -0.471. The topological polar surface area (TPSA) is 62.2 Å². The van der Waals surface area contributed by atoms with Crippen molar-refractivity contribution < 1.29 is 9.90 Å². The van der Waals surface area contributed by atoms with Gasteiger partial charge in [-0.1, -0.05) is 23.7 Å². The molecule has 5 heteroatoms. The number of rotatable bonds is 3. The molecule has 1 aromatic carbocycles. The van der Waals surface area contributed by atoms with Crippen LogP contribution in [0.3, 0.4) is 0 Å². The molecule has 1 aromatic heterocycles. The summed E-state index contributed by atoms with van der Waals surface area (Å²) in [4.78, 5) is 16.7. The van der Waals surface area contributed by atoms with Gasteiger partial charge in [0.1, 0.15) is 0 Å². The third kappa shape index (κ3) is 3.13. The monoisotopic (exact) mass is 316 g/mol. The number of pyridine rings is 1. The van der Waals surface area contributed by atoms with Crippen molar-refractivity contribution in [3.05, 3.63) is 53.2 Å². The van der Waals surface area contributed by atoms with Gasteiger partial charge < -0.3 is 10.4 Å². The lowest BCUT2D eigenvalue weighted by molar-refractivity contribution is 0.0873. The van der Waals surface area contributed by atoms with Crippen LogP contribution in [0.4, 0.5) is 0 Å². The molecule has 2 N–H and O–H groups in total. The molecule has 3 rings (SSSR count). The Bertz CT molecular complexity index is 676. The fourth-order valence-electron chi connectivity index (χ4n) is 2.75. The number of hydrogen-bond acceptors (Lipinski definition) is 3. The van der Waals surface area contributed by atoms with Crippen molar-refractivity contribution in [3.63, 3.8) is 0 Å². The number of nitrogens with zero attached hydrogens (tertiary/aromatic N) is 1. The fraction of sp³-hybridized carbons (Fsp3) is 0.294. The van der Waals surface area contributed by atoms with E-state index in [1.807, 2.05) is 24.3 Å². The summed E-state index contributed by atoms with van der Waals surface area (Å²) in [6.07, 6.45) is 3.69. The number of halogens is 1. The quantitative estimate of drug-likeness (QED) is 0.915. The second-order valence-electron chi connectivity index (χ2n) is 5.49. The van der Waals surface area contributed by atoms with Crippen LogP contribution in [-0.4, -0.2) is 28.1 Å². The molecule has 0 unspecified atom stereocenters. The van der Waals surface area contributed by atoms with Gasteiger partial charge in [-0.3, -0.25) is 9.78 Å². The number of carbonyl (C=O) groups is 1. The highest BCUT2D eigenvalue weighted by atomic mass is 35.5. The summed E-state index contributed by atoms with van der Waals surface area (Å²) in [5.74, 6) is -0.256. The first-order valence-electron chi connectivity index (χ1n) is 7.35. The molecule has 0 bridgehead atoms. The van der Waals surface area contributed by atoms with Crippen LogP contribution < -0.4 is 5.32 Å². The van der Waals surface area contributed by atoms with Crippen molar-refractivity contribution >= 4 is 17.5 Å². The Morgan fingerprint density at radius 2 is 2.14 bits per heavy atom. The maximum Gasteiger partial charge on any atom is 0.253 e. The van der Waals surface area contributed by atoms with Gasteiger partial charge in [-0.25, -0.2) is 0 Å². The van der Waals surface area contributed by atoms with Crippen LogP contribution in [0.1, 0.15) is 29.6 Å². The molecule has 4 nitrogen and oxygen atoms in total. The van der Waals surface area contributed by atoms with E-state index in [1.54, 1.807) is 18.3 Å². The maximum atomic E-state index is 12.4. The van der Waals surface area contributed by atoms with Crippen LogP contribution in [0.25, 0.3) is 11.3 Å². The van der Waals surface area contributed by atoms with Gasteiger partial charge in [-0.2, -0.15) is 0 Å². The van der Waals surface area contributed by atoms with E-state index in [-0.39, 0.29) is 11.9 Å². The molecule has 0 aliphatic heterocycles. The van der Waals surface area contributed by atoms with Crippen molar-refractivity contribution in [2.45, 2.75) is 31.4 Å². The second kappa shape index (κ2) is 6.46. The van der Waals surface area contributed by atoms with E-state index in [4.69, 9.17) is 11.6 Å². The van der Waals surface area contributed by atoms with Crippen LogP contribution in [0, 0.1) is 0 Å². The van der Waals surface area contributed by atoms with E-state index in [2.05, 4.69) is 10.3 Å². The van der Waals surface area contributed by atoms with E-state index in [9.17, 15) is 9.90 Å². The number of aliphatic hydroxyl groups is 1. The molecule has 1 amide bonds. The average Bonchev–Trinajstić information content (AvgIpc) is 2.93. The van der Waals surface area contributed by atoms with Gasteiger partial charge in [0.2, 0.25) is 0 Å². The number of carbonyl (C=O) groups excluding carboxylic acids is 1. The summed E-state index contributed by atoms with van der Waals surface area (Å²) < 4.78 is 0. The molecule has 0 spiro atoms. The lowest BCUT2D eigenvalue weighted by Gasteiger charge is -2.17. The van der Waals surface area contributed by atoms with Crippen LogP contribution >= 0.6 is 11.6 Å². The Kier molecular flexibility index (Phi) is 4.41. The summed E-state index contributed by atoms with van der Waals surface area (Å²) in [5.41, 5.74) is 2.03. The fourth-order valence-corrected chi connectivity index (χ4v) is 2.95. The SMILES string of the molecule is O=C(N[C@@H]1CCC[C@@H]1O)c1cc(-c2ccccn2)ccc1Cl. The summed E-state index contributed by atoms with van der Waals surface area (Å²) in [6.45, 7) is 0. The summed E-state index contributed by atoms with van der Waals surface area (Å²) in [7, 11) is 0. The van der Waals surface area contributed by atoms with E-state index < -0.39 is 6.10 Å². The summed E-state index contributed by atoms with van der Waals surface area (Å²) in [5, 5.41) is 13.1. The van der Waals surface area contributed by atoms with Gasteiger partial charge in [0.05, 0.1) is 28.4 Å². The Labute approximate surface area is 134 Å². The summed E-state index contributed by atoms with van der Waals surface area (Å²) >= 11 is 6.16. The smallest absolute Gasteiger partial charge is 0.253 e. The molecule has 22 heavy (non-hydrogen) atoms. The van der Waals surface area contributed by atoms with Crippen LogP contribution in [0.2, 0.25) is 5.02 Å². The average molecular weight is 317 g/mol. The van der Waals surface area contributed by atoms with Crippen LogP contribution in [-0.2, 0) is 0 Å². The second-order valence-corrected chi connectivity index (χ2v) is 5.90. The predicted octanol–water partition coefficient (Wildman–Crippen LogP) is 3.05.